The molecule has 16 heavy (non-hydrogen) atoms. The highest BCUT2D eigenvalue weighted by Gasteiger charge is 2.22. The molecule has 1 N–H and O–H groups in total. The predicted octanol–water partition coefficient (Wildman–Crippen LogP) is 3.13. The van der Waals surface area contributed by atoms with Crippen molar-refractivity contribution in [1.29, 1.82) is 0 Å². The molecule has 1 fully saturated rings. The summed E-state index contributed by atoms with van der Waals surface area (Å²) < 4.78 is 0. The number of benzene rings is 1. The average Bonchev–Trinajstić information content (AvgIpc) is 2.33. The van der Waals surface area contributed by atoms with Gasteiger partial charge in [0.2, 0.25) is 5.91 Å². The SMILES string of the molecule is O=C(Nc1ccccc1Cl)C1CSCCS1. The topological polar surface area (TPSA) is 29.1 Å². The molecule has 0 saturated carbocycles. The van der Waals surface area contributed by atoms with Gasteiger partial charge in [0, 0.05) is 17.3 Å². The van der Waals surface area contributed by atoms with Crippen LogP contribution in [0.3, 0.4) is 0 Å². The van der Waals surface area contributed by atoms with Crippen LogP contribution in [0.15, 0.2) is 24.3 Å². The minimum atomic E-state index is 0.0509. The summed E-state index contributed by atoms with van der Waals surface area (Å²) in [6, 6.07) is 7.31. The lowest BCUT2D eigenvalue weighted by molar-refractivity contribution is -0.115. The van der Waals surface area contributed by atoms with Crippen LogP contribution in [0.5, 0.6) is 0 Å². The van der Waals surface area contributed by atoms with Crippen LogP contribution in [0.4, 0.5) is 5.69 Å². The van der Waals surface area contributed by atoms with Gasteiger partial charge in [0.1, 0.15) is 0 Å². The molecule has 2 rings (SSSR count). The summed E-state index contributed by atoms with van der Waals surface area (Å²) in [5.41, 5.74) is 0.699. The lowest BCUT2D eigenvalue weighted by Crippen LogP contribution is -2.30. The number of hydrogen-bond acceptors (Lipinski definition) is 3. The van der Waals surface area contributed by atoms with Gasteiger partial charge >= 0.3 is 0 Å². The minimum Gasteiger partial charge on any atom is -0.324 e. The van der Waals surface area contributed by atoms with Gasteiger partial charge in [0.15, 0.2) is 0 Å². The van der Waals surface area contributed by atoms with E-state index in [-0.39, 0.29) is 11.2 Å². The third-order valence-electron chi connectivity index (χ3n) is 2.24. The van der Waals surface area contributed by atoms with Gasteiger partial charge in [-0.05, 0) is 12.1 Å². The second-order valence-electron chi connectivity index (χ2n) is 3.40. The Balaban J connectivity index is 1.99. The van der Waals surface area contributed by atoms with E-state index in [1.165, 1.54) is 0 Å². The Bertz CT molecular complexity index is 380. The van der Waals surface area contributed by atoms with Crippen LogP contribution in [-0.2, 0) is 4.79 Å². The fourth-order valence-corrected chi connectivity index (χ4v) is 4.15. The number of anilines is 1. The zero-order chi connectivity index (χ0) is 11.4. The second-order valence-corrected chi connectivity index (χ2v) is 6.27. The Kier molecular flexibility index (Phi) is 4.44. The number of nitrogens with one attached hydrogen (secondary N) is 1. The number of halogens is 1. The van der Waals surface area contributed by atoms with Crippen molar-refractivity contribution in [3.63, 3.8) is 0 Å². The largest absolute Gasteiger partial charge is 0.324 e. The van der Waals surface area contributed by atoms with Gasteiger partial charge in [-0.15, -0.1) is 11.8 Å². The number of rotatable bonds is 2. The number of carbonyl (C=O) groups excluding carboxylic acids is 1. The quantitative estimate of drug-likeness (QED) is 0.898. The van der Waals surface area contributed by atoms with E-state index in [9.17, 15) is 4.79 Å². The van der Waals surface area contributed by atoms with Crippen molar-refractivity contribution >= 4 is 46.7 Å². The van der Waals surface area contributed by atoms with E-state index in [2.05, 4.69) is 5.32 Å². The van der Waals surface area contributed by atoms with Crippen LogP contribution >= 0.6 is 35.1 Å². The molecule has 1 unspecified atom stereocenters. The third kappa shape index (κ3) is 3.09. The Morgan fingerprint density at radius 1 is 1.38 bits per heavy atom. The van der Waals surface area contributed by atoms with Gasteiger partial charge in [0.05, 0.1) is 16.0 Å². The minimum absolute atomic E-state index is 0.0509. The molecule has 2 nitrogen and oxygen atoms in total. The molecule has 0 spiro atoms. The highest BCUT2D eigenvalue weighted by Crippen LogP contribution is 2.26. The highest BCUT2D eigenvalue weighted by molar-refractivity contribution is 8.07. The van der Waals surface area contributed by atoms with Gasteiger partial charge < -0.3 is 5.32 Å². The van der Waals surface area contributed by atoms with Crippen molar-refractivity contribution in [2.75, 3.05) is 22.6 Å². The first-order valence-corrected chi connectivity index (χ1v) is 7.60. The first kappa shape index (κ1) is 12.1. The Morgan fingerprint density at radius 2 is 2.19 bits per heavy atom. The van der Waals surface area contributed by atoms with Gasteiger partial charge in [-0.25, -0.2) is 0 Å². The molecule has 5 heteroatoms. The molecule has 1 aliphatic rings. The molecule has 0 radical (unpaired) electrons. The zero-order valence-electron chi connectivity index (χ0n) is 8.61. The molecular weight excluding hydrogens is 262 g/mol. The average molecular weight is 274 g/mol. The zero-order valence-corrected chi connectivity index (χ0v) is 11.0. The summed E-state index contributed by atoms with van der Waals surface area (Å²) in [5.74, 6) is 3.14. The van der Waals surface area contributed by atoms with E-state index in [4.69, 9.17) is 11.6 Å². The number of carbonyl (C=O) groups is 1. The standard InChI is InChI=1S/C11H12ClNOS2/c12-8-3-1-2-4-9(8)13-11(14)10-7-15-5-6-16-10/h1-4,10H,5-7H2,(H,13,14). The fraction of sp³-hybridized carbons (Fsp3) is 0.364. The highest BCUT2D eigenvalue weighted by atomic mass is 35.5. The molecule has 1 saturated heterocycles. The molecule has 0 aromatic heterocycles. The maximum atomic E-state index is 11.9. The molecule has 1 amide bonds. The number of para-hydroxylation sites is 1. The van der Waals surface area contributed by atoms with Gasteiger partial charge in [-0.2, -0.15) is 11.8 Å². The summed E-state index contributed by atoms with van der Waals surface area (Å²) in [6.45, 7) is 0. The summed E-state index contributed by atoms with van der Waals surface area (Å²) in [7, 11) is 0. The van der Waals surface area contributed by atoms with Crippen LogP contribution in [0.25, 0.3) is 0 Å². The van der Waals surface area contributed by atoms with Crippen LogP contribution in [0.1, 0.15) is 0 Å². The fourth-order valence-electron chi connectivity index (χ4n) is 1.41. The molecule has 1 aromatic carbocycles. The van der Waals surface area contributed by atoms with E-state index >= 15 is 0 Å². The van der Waals surface area contributed by atoms with Crippen LogP contribution < -0.4 is 5.32 Å². The number of amides is 1. The van der Waals surface area contributed by atoms with Crippen molar-refractivity contribution in [3.8, 4) is 0 Å². The van der Waals surface area contributed by atoms with E-state index < -0.39 is 0 Å². The van der Waals surface area contributed by atoms with Gasteiger partial charge in [-0.3, -0.25) is 4.79 Å². The number of hydrogen-bond donors (Lipinski definition) is 1. The molecule has 1 aromatic rings. The summed E-state index contributed by atoms with van der Waals surface area (Å²) in [4.78, 5) is 11.9. The van der Waals surface area contributed by atoms with Gasteiger partial charge in [-0.1, -0.05) is 23.7 Å². The number of thioether (sulfide) groups is 2. The molecular formula is C11H12ClNOS2. The van der Waals surface area contributed by atoms with Crippen LogP contribution in [-0.4, -0.2) is 28.4 Å². The Morgan fingerprint density at radius 3 is 2.88 bits per heavy atom. The van der Waals surface area contributed by atoms with E-state index in [0.717, 1.165) is 17.3 Å². The first-order valence-electron chi connectivity index (χ1n) is 5.02. The molecule has 1 atom stereocenters. The van der Waals surface area contributed by atoms with E-state index in [1.54, 1.807) is 17.8 Å². The lowest BCUT2D eigenvalue weighted by Gasteiger charge is -2.20. The van der Waals surface area contributed by atoms with E-state index in [0.29, 0.717) is 10.7 Å². The lowest BCUT2D eigenvalue weighted by atomic mass is 10.3. The Hall–Kier alpha value is -0.320. The Labute approximate surface area is 109 Å². The molecule has 1 heterocycles. The molecule has 0 bridgehead atoms. The van der Waals surface area contributed by atoms with Crippen molar-refractivity contribution in [2.45, 2.75) is 5.25 Å². The van der Waals surface area contributed by atoms with Crippen molar-refractivity contribution in [3.05, 3.63) is 29.3 Å². The summed E-state index contributed by atoms with van der Waals surface area (Å²) in [6.07, 6.45) is 0. The molecule has 0 aliphatic carbocycles. The second kappa shape index (κ2) is 5.84. The first-order chi connectivity index (χ1) is 7.77. The van der Waals surface area contributed by atoms with Crippen molar-refractivity contribution < 1.29 is 4.79 Å². The van der Waals surface area contributed by atoms with Gasteiger partial charge in [0.25, 0.3) is 0 Å². The molecule has 86 valence electrons. The van der Waals surface area contributed by atoms with Crippen molar-refractivity contribution in [2.24, 2.45) is 0 Å². The van der Waals surface area contributed by atoms with E-state index in [1.807, 2.05) is 30.0 Å². The smallest absolute Gasteiger partial charge is 0.238 e. The summed E-state index contributed by atoms with van der Waals surface area (Å²) in [5, 5.41) is 3.51. The normalized spacial score (nSPS) is 20.4. The molecule has 1 aliphatic heterocycles. The van der Waals surface area contributed by atoms with Crippen LogP contribution in [0, 0.1) is 0 Å². The predicted molar refractivity (Wildman–Crippen MR) is 73.7 cm³/mol. The maximum absolute atomic E-state index is 11.9. The van der Waals surface area contributed by atoms with Crippen LogP contribution in [0.2, 0.25) is 5.02 Å². The third-order valence-corrected chi connectivity index (χ3v) is 5.32. The maximum Gasteiger partial charge on any atom is 0.238 e. The summed E-state index contributed by atoms with van der Waals surface area (Å²) >= 11 is 9.53. The monoisotopic (exact) mass is 273 g/mol. The van der Waals surface area contributed by atoms with Crippen molar-refractivity contribution in [1.82, 2.24) is 0 Å².